The quantitative estimate of drug-likeness (QED) is 0.0994. The van der Waals surface area contributed by atoms with E-state index in [1.54, 1.807) is 88.4 Å². The number of benzene rings is 4. The van der Waals surface area contributed by atoms with E-state index in [0.717, 1.165) is 33.4 Å². The van der Waals surface area contributed by atoms with Crippen LogP contribution >= 0.6 is 40.5 Å². The Hall–Kier alpha value is -2.26. The van der Waals surface area contributed by atoms with Crippen LogP contribution in [0.1, 0.15) is 33.4 Å². The Kier molecular flexibility index (Phi) is 13.2. The van der Waals surface area contributed by atoms with Crippen molar-refractivity contribution in [1.82, 2.24) is 0 Å². The SMILES string of the molecule is Cc1cc(C)c(I(OS(=O)(=O)C(F)(F)F)c2ccccc2)c(C)c1.Cc1cc(C)c(I(OS(=O)(=O)C(F)(F)F)c2ccccc2)c(C)c1. The number of rotatable bonds is 8. The average molecular weight is 945 g/mol. The molecule has 16 heteroatoms. The summed E-state index contributed by atoms with van der Waals surface area (Å²) >= 11 is -6.61. The van der Waals surface area contributed by atoms with Crippen molar-refractivity contribution in [2.24, 2.45) is 0 Å². The van der Waals surface area contributed by atoms with Crippen LogP contribution in [0.5, 0.6) is 0 Å². The third-order valence-electron chi connectivity index (χ3n) is 6.23. The van der Waals surface area contributed by atoms with Crippen LogP contribution in [-0.2, 0) is 25.3 Å². The Morgan fingerprint density at radius 2 is 0.729 bits per heavy atom. The normalized spacial score (nSPS) is 13.0. The first-order valence-electron chi connectivity index (χ1n) is 13.7. The summed E-state index contributed by atoms with van der Waals surface area (Å²) in [6.07, 6.45) is 0. The van der Waals surface area contributed by atoms with Gasteiger partial charge in [0, 0.05) is 0 Å². The van der Waals surface area contributed by atoms with Gasteiger partial charge in [-0.15, -0.1) is 0 Å². The molecule has 264 valence electrons. The average Bonchev–Trinajstić information content (AvgIpc) is 2.95. The summed E-state index contributed by atoms with van der Waals surface area (Å²) in [6.45, 7) is 10.8. The number of alkyl halides is 6. The second kappa shape index (κ2) is 15.7. The van der Waals surface area contributed by atoms with E-state index in [1.807, 2.05) is 38.1 Å². The summed E-state index contributed by atoms with van der Waals surface area (Å²) in [5, 5.41) is 0. The third-order valence-corrected chi connectivity index (χ3v) is 22.0. The van der Waals surface area contributed by atoms with Crippen LogP contribution in [-0.4, -0.2) is 27.9 Å². The first kappa shape index (κ1) is 40.2. The molecule has 4 aromatic rings. The van der Waals surface area contributed by atoms with Gasteiger partial charge in [-0.25, -0.2) is 0 Å². The predicted octanol–water partition coefficient (Wildman–Crippen LogP) is 9.88. The van der Waals surface area contributed by atoms with Gasteiger partial charge < -0.3 is 0 Å². The van der Waals surface area contributed by atoms with Crippen molar-refractivity contribution < 1.29 is 48.2 Å². The fourth-order valence-corrected chi connectivity index (χ4v) is 18.7. The van der Waals surface area contributed by atoms with E-state index in [0.29, 0.717) is 14.3 Å². The molecule has 4 rings (SSSR count). The third kappa shape index (κ3) is 9.92. The van der Waals surface area contributed by atoms with Crippen molar-refractivity contribution in [2.45, 2.75) is 52.6 Å². The molecule has 0 aromatic heterocycles. The standard InChI is InChI=1S/2C16H16F3IO3S/c2*1-11-9-12(2)15(13(3)10-11)20(14-7-5-4-6-8-14)23-24(21,22)16(17,18)19/h2*4-10H,1-3H3. The molecule has 0 atom stereocenters. The van der Waals surface area contributed by atoms with Gasteiger partial charge in [0.2, 0.25) is 0 Å². The van der Waals surface area contributed by atoms with E-state index in [4.69, 9.17) is 5.03 Å². The van der Waals surface area contributed by atoms with Crippen LogP contribution in [0.25, 0.3) is 0 Å². The number of aryl methyl sites for hydroxylation is 6. The number of halogens is 8. The molecule has 48 heavy (non-hydrogen) atoms. The van der Waals surface area contributed by atoms with Gasteiger partial charge in [-0.2, -0.15) is 0 Å². The molecule has 0 aliphatic rings. The molecule has 0 spiro atoms. The molecular weight excluding hydrogens is 912 g/mol. The van der Waals surface area contributed by atoms with Crippen LogP contribution in [0.15, 0.2) is 84.9 Å². The van der Waals surface area contributed by atoms with E-state index >= 15 is 0 Å². The molecule has 4 aromatic carbocycles. The van der Waals surface area contributed by atoms with Gasteiger partial charge in [0.05, 0.1) is 0 Å². The Bertz CT molecular complexity index is 1760. The maximum absolute atomic E-state index is 12.8. The van der Waals surface area contributed by atoms with Crippen molar-refractivity contribution in [3.8, 4) is 0 Å². The van der Waals surface area contributed by atoms with Gasteiger partial charge in [0.25, 0.3) is 0 Å². The molecule has 0 bridgehead atoms. The molecule has 0 saturated heterocycles. The molecule has 6 nitrogen and oxygen atoms in total. The zero-order valence-electron chi connectivity index (χ0n) is 26.4. The van der Waals surface area contributed by atoms with Gasteiger partial charge in [-0.1, -0.05) is 0 Å². The van der Waals surface area contributed by atoms with E-state index < -0.39 is 71.7 Å². The second-order valence-corrected chi connectivity index (χ2v) is 23.1. The van der Waals surface area contributed by atoms with Gasteiger partial charge in [-0.05, 0) is 0 Å². The zero-order chi connectivity index (χ0) is 36.2. The predicted molar refractivity (Wildman–Crippen MR) is 189 cm³/mol. The van der Waals surface area contributed by atoms with Crippen molar-refractivity contribution in [3.05, 3.63) is 133 Å². The second-order valence-electron chi connectivity index (χ2n) is 10.4. The summed E-state index contributed by atoms with van der Waals surface area (Å²) in [5.41, 5.74) is -6.03. The molecule has 0 aliphatic heterocycles. The summed E-state index contributed by atoms with van der Waals surface area (Å²) in [7, 11) is -11.3. The minimum atomic E-state index is -5.67. The van der Waals surface area contributed by atoms with Crippen molar-refractivity contribution in [2.75, 3.05) is 0 Å². The van der Waals surface area contributed by atoms with Crippen LogP contribution in [0.3, 0.4) is 0 Å². The summed E-state index contributed by atoms with van der Waals surface area (Å²) in [6, 6.07) is 23.7. The first-order valence-corrected chi connectivity index (χ1v) is 22.6. The van der Waals surface area contributed by atoms with Gasteiger partial charge in [-0.3, -0.25) is 0 Å². The zero-order valence-corrected chi connectivity index (χ0v) is 32.3. The minimum absolute atomic E-state index is 0.490. The summed E-state index contributed by atoms with van der Waals surface area (Å²) < 4.78 is 135. The first-order chi connectivity index (χ1) is 22.1. The monoisotopic (exact) mass is 944 g/mol. The molecule has 0 N–H and O–H groups in total. The van der Waals surface area contributed by atoms with Gasteiger partial charge in [0.1, 0.15) is 0 Å². The van der Waals surface area contributed by atoms with Crippen molar-refractivity contribution >= 4 is 60.7 Å². The van der Waals surface area contributed by atoms with Crippen molar-refractivity contribution in [3.63, 3.8) is 0 Å². The Balaban J connectivity index is 0.000000260. The Morgan fingerprint density at radius 3 is 0.958 bits per heavy atom. The van der Waals surface area contributed by atoms with E-state index in [2.05, 4.69) is 0 Å². The van der Waals surface area contributed by atoms with Gasteiger partial charge in [0.15, 0.2) is 0 Å². The molecule has 0 saturated carbocycles. The molecule has 0 aliphatic carbocycles. The molecule has 0 fully saturated rings. The van der Waals surface area contributed by atoms with Gasteiger partial charge >= 0.3 is 294 Å². The molecule has 0 radical (unpaired) electrons. The molecule has 0 heterocycles. The van der Waals surface area contributed by atoms with Crippen LogP contribution in [0.2, 0.25) is 0 Å². The molecule has 0 amide bonds. The maximum atomic E-state index is 12.8. The number of hydrogen-bond acceptors (Lipinski definition) is 6. The van der Waals surface area contributed by atoms with Crippen molar-refractivity contribution in [1.29, 1.82) is 0 Å². The summed E-state index contributed by atoms with van der Waals surface area (Å²) in [4.78, 5) is 0. The fourth-order valence-electron chi connectivity index (χ4n) is 4.52. The van der Waals surface area contributed by atoms with Crippen LogP contribution in [0.4, 0.5) is 26.3 Å². The summed E-state index contributed by atoms with van der Waals surface area (Å²) in [5.74, 6) is 0. The van der Waals surface area contributed by atoms with E-state index in [9.17, 15) is 43.2 Å². The topological polar surface area (TPSA) is 86.7 Å². The number of hydrogen-bond donors (Lipinski definition) is 0. The van der Waals surface area contributed by atoms with E-state index in [1.165, 1.54) is 0 Å². The van der Waals surface area contributed by atoms with Crippen LogP contribution in [0, 0.1) is 55.8 Å². The Morgan fingerprint density at radius 1 is 0.479 bits per heavy atom. The molecular formula is C32H32F6I2O6S2. The van der Waals surface area contributed by atoms with E-state index in [-0.39, 0.29) is 0 Å². The molecule has 0 unspecified atom stereocenters. The van der Waals surface area contributed by atoms with Crippen LogP contribution < -0.4 is 0 Å². The Labute approximate surface area is 292 Å². The fraction of sp³-hybridized carbons (Fsp3) is 0.250.